The lowest BCUT2D eigenvalue weighted by Crippen LogP contribution is -2.52. The number of aliphatic hydroxyl groups is 1. The molecular formula is C22H21ClF3N5O4. The number of hydrogen-bond acceptors (Lipinski definition) is 7. The molecule has 0 saturated carbocycles. The molecule has 0 unspecified atom stereocenters. The molecule has 9 nitrogen and oxygen atoms in total. The summed E-state index contributed by atoms with van der Waals surface area (Å²) < 4.78 is 43.9. The Hall–Kier alpha value is -3.38. The Bertz CT molecular complexity index is 1380. The zero-order valence-corrected chi connectivity index (χ0v) is 19.4. The van der Waals surface area contributed by atoms with Crippen molar-refractivity contribution in [1.82, 2.24) is 14.5 Å². The molecular weight excluding hydrogens is 491 g/mol. The number of carboxylic acid groups (broad SMARTS) is 1. The van der Waals surface area contributed by atoms with E-state index in [9.17, 15) is 33.0 Å². The molecule has 13 heteroatoms. The van der Waals surface area contributed by atoms with Gasteiger partial charge in [0.2, 0.25) is 5.95 Å². The first-order chi connectivity index (χ1) is 16.4. The van der Waals surface area contributed by atoms with E-state index in [0.717, 1.165) is 16.7 Å². The standard InChI is InChI=1S/C22H21ClF3N5O4/c1-10(27-14-3-4-16(23)28-18(14)20(34)35)12-7-11(24)8-13-17(12)29-21(30(2)19(13)33)31-6-5-15(32)22(25,26)9-31/h3-4,7-8,10,15,27,32H,5-6,9H2,1-2H3,(H,34,35)/t10-,15-/m0/s1. The lowest BCUT2D eigenvalue weighted by atomic mass is 10.0. The summed E-state index contributed by atoms with van der Waals surface area (Å²) >= 11 is 5.79. The number of carbonyl (C=O) groups is 1. The molecule has 2 aromatic heterocycles. The third-order valence-corrected chi connectivity index (χ3v) is 6.11. The van der Waals surface area contributed by atoms with Crippen molar-refractivity contribution in [2.75, 3.05) is 23.3 Å². The summed E-state index contributed by atoms with van der Waals surface area (Å²) in [4.78, 5) is 34.0. The fraction of sp³-hybridized carbons (Fsp3) is 0.364. The van der Waals surface area contributed by atoms with Crippen molar-refractivity contribution >= 4 is 40.1 Å². The monoisotopic (exact) mass is 511 g/mol. The van der Waals surface area contributed by atoms with Crippen molar-refractivity contribution in [1.29, 1.82) is 0 Å². The number of nitrogens with zero attached hydrogens (tertiary/aromatic N) is 4. The number of nitrogens with one attached hydrogen (secondary N) is 1. The predicted molar refractivity (Wildman–Crippen MR) is 123 cm³/mol. The number of benzene rings is 1. The molecule has 1 saturated heterocycles. The maximum atomic E-state index is 14.5. The zero-order valence-electron chi connectivity index (χ0n) is 18.6. The number of piperidine rings is 1. The van der Waals surface area contributed by atoms with Crippen LogP contribution in [0.3, 0.4) is 0 Å². The van der Waals surface area contributed by atoms with E-state index >= 15 is 0 Å². The molecule has 1 aliphatic rings. The van der Waals surface area contributed by atoms with Crippen LogP contribution in [0.4, 0.5) is 24.8 Å². The number of aromatic nitrogens is 3. The van der Waals surface area contributed by atoms with E-state index in [1.165, 1.54) is 24.1 Å². The molecule has 0 aliphatic carbocycles. The smallest absolute Gasteiger partial charge is 0.356 e. The number of rotatable bonds is 5. The minimum Gasteiger partial charge on any atom is -0.476 e. The summed E-state index contributed by atoms with van der Waals surface area (Å²) in [6.45, 7) is 0.784. The molecule has 35 heavy (non-hydrogen) atoms. The molecule has 3 heterocycles. The van der Waals surface area contributed by atoms with Crippen molar-refractivity contribution in [3.05, 3.63) is 56.8 Å². The van der Waals surface area contributed by atoms with E-state index < -0.39 is 42.0 Å². The summed E-state index contributed by atoms with van der Waals surface area (Å²) in [5.74, 6) is -5.53. The van der Waals surface area contributed by atoms with Gasteiger partial charge in [-0.05, 0) is 37.6 Å². The first kappa shape index (κ1) is 24.7. The Kier molecular flexibility index (Phi) is 6.36. The maximum absolute atomic E-state index is 14.5. The molecule has 0 spiro atoms. The van der Waals surface area contributed by atoms with Crippen LogP contribution in [0.1, 0.15) is 35.4 Å². The van der Waals surface area contributed by atoms with Gasteiger partial charge in [-0.3, -0.25) is 9.36 Å². The number of carboxylic acids is 1. The van der Waals surface area contributed by atoms with E-state index in [4.69, 9.17) is 11.6 Å². The highest BCUT2D eigenvalue weighted by atomic mass is 35.5. The second kappa shape index (κ2) is 9.00. The Labute approximate surface area is 201 Å². The summed E-state index contributed by atoms with van der Waals surface area (Å²) in [6.07, 6.45) is -2.03. The van der Waals surface area contributed by atoms with Gasteiger partial charge in [-0.25, -0.2) is 27.9 Å². The SMILES string of the molecule is C[C@H](Nc1ccc(Cl)nc1C(=O)O)c1cc(F)cc2c(=O)n(C)c(N3CC[C@H](O)C(F)(F)C3)nc12. The molecule has 1 fully saturated rings. The minimum atomic E-state index is -3.40. The Morgan fingerprint density at radius 3 is 2.69 bits per heavy atom. The van der Waals surface area contributed by atoms with Crippen LogP contribution in [0, 0.1) is 5.82 Å². The molecule has 4 rings (SSSR count). The molecule has 1 aliphatic heterocycles. The van der Waals surface area contributed by atoms with Crippen molar-refractivity contribution in [3.63, 3.8) is 0 Å². The number of hydrogen-bond donors (Lipinski definition) is 3. The third-order valence-electron chi connectivity index (χ3n) is 5.90. The predicted octanol–water partition coefficient (Wildman–Crippen LogP) is 3.20. The average molecular weight is 512 g/mol. The van der Waals surface area contributed by atoms with Crippen LogP contribution in [-0.2, 0) is 7.05 Å². The summed E-state index contributed by atoms with van der Waals surface area (Å²) in [5, 5.41) is 21.8. The number of fused-ring (bicyclic) bond motifs is 1. The number of pyridine rings is 1. The van der Waals surface area contributed by atoms with E-state index in [2.05, 4.69) is 15.3 Å². The molecule has 186 valence electrons. The molecule has 2 atom stereocenters. The molecule has 0 bridgehead atoms. The van der Waals surface area contributed by atoms with Crippen molar-refractivity contribution < 1.29 is 28.2 Å². The third kappa shape index (κ3) is 4.63. The Morgan fingerprint density at radius 2 is 2.03 bits per heavy atom. The average Bonchev–Trinajstić information content (AvgIpc) is 2.79. The van der Waals surface area contributed by atoms with Crippen molar-refractivity contribution in [2.45, 2.75) is 31.4 Å². The first-order valence-corrected chi connectivity index (χ1v) is 10.9. The largest absolute Gasteiger partial charge is 0.476 e. The molecule has 0 radical (unpaired) electrons. The molecule has 3 N–H and O–H groups in total. The van der Waals surface area contributed by atoms with Gasteiger partial charge in [0.1, 0.15) is 17.1 Å². The fourth-order valence-corrected chi connectivity index (χ4v) is 4.24. The summed E-state index contributed by atoms with van der Waals surface area (Å²) in [7, 11) is 1.35. The van der Waals surface area contributed by atoms with Gasteiger partial charge in [-0.1, -0.05) is 11.6 Å². The second-order valence-electron chi connectivity index (χ2n) is 8.36. The Morgan fingerprint density at radius 1 is 1.31 bits per heavy atom. The zero-order chi connectivity index (χ0) is 25.7. The maximum Gasteiger partial charge on any atom is 0.356 e. The van der Waals surface area contributed by atoms with Gasteiger partial charge in [0, 0.05) is 19.2 Å². The van der Waals surface area contributed by atoms with Gasteiger partial charge in [-0.15, -0.1) is 0 Å². The summed E-state index contributed by atoms with van der Waals surface area (Å²) in [6, 6.07) is 4.14. The molecule has 0 amide bonds. The quantitative estimate of drug-likeness (QED) is 0.447. The highest BCUT2D eigenvalue weighted by Crippen LogP contribution is 2.32. The number of anilines is 2. The van der Waals surface area contributed by atoms with Crippen LogP contribution >= 0.6 is 11.6 Å². The fourth-order valence-electron chi connectivity index (χ4n) is 4.09. The minimum absolute atomic E-state index is 0.0323. The lowest BCUT2D eigenvalue weighted by molar-refractivity contribution is -0.114. The van der Waals surface area contributed by atoms with Crippen LogP contribution < -0.4 is 15.8 Å². The first-order valence-electron chi connectivity index (χ1n) is 10.6. The van der Waals surface area contributed by atoms with Crippen LogP contribution in [0.15, 0.2) is 29.1 Å². The van der Waals surface area contributed by atoms with Crippen molar-refractivity contribution in [2.24, 2.45) is 7.05 Å². The van der Waals surface area contributed by atoms with Gasteiger partial charge in [0.05, 0.1) is 29.2 Å². The van der Waals surface area contributed by atoms with Gasteiger partial charge in [-0.2, -0.15) is 0 Å². The van der Waals surface area contributed by atoms with E-state index in [1.807, 2.05) is 0 Å². The number of aliphatic hydroxyl groups excluding tert-OH is 1. The van der Waals surface area contributed by atoms with Crippen LogP contribution in [0.25, 0.3) is 10.9 Å². The highest BCUT2D eigenvalue weighted by molar-refractivity contribution is 6.29. The van der Waals surface area contributed by atoms with Gasteiger partial charge in [0.15, 0.2) is 5.69 Å². The second-order valence-corrected chi connectivity index (χ2v) is 8.74. The van der Waals surface area contributed by atoms with Gasteiger partial charge in [0.25, 0.3) is 11.5 Å². The number of halogens is 4. The molecule has 1 aromatic carbocycles. The van der Waals surface area contributed by atoms with E-state index in [0.29, 0.717) is 0 Å². The summed E-state index contributed by atoms with van der Waals surface area (Å²) in [5.41, 5.74) is -0.636. The van der Waals surface area contributed by atoms with Crippen LogP contribution in [0.2, 0.25) is 5.15 Å². The topological polar surface area (TPSA) is 121 Å². The van der Waals surface area contributed by atoms with Crippen LogP contribution in [-0.4, -0.2) is 55.8 Å². The van der Waals surface area contributed by atoms with Crippen molar-refractivity contribution in [3.8, 4) is 0 Å². The van der Waals surface area contributed by atoms with Crippen LogP contribution in [0.5, 0.6) is 0 Å². The highest BCUT2D eigenvalue weighted by Gasteiger charge is 2.44. The van der Waals surface area contributed by atoms with Gasteiger partial charge >= 0.3 is 5.97 Å². The molecule has 3 aromatic rings. The van der Waals surface area contributed by atoms with E-state index in [1.54, 1.807) is 6.92 Å². The Balaban J connectivity index is 1.82. The van der Waals surface area contributed by atoms with Gasteiger partial charge < -0.3 is 20.4 Å². The number of alkyl halides is 2. The lowest BCUT2D eigenvalue weighted by Gasteiger charge is -2.37. The normalized spacial score (nSPS) is 18.5. The van der Waals surface area contributed by atoms with E-state index in [-0.39, 0.29) is 51.9 Å². The number of aromatic carboxylic acids is 1.